The minimum Gasteiger partial charge on any atom is -0.497 e. The Morgan fingerprint density at radius 1 is 0.808 bits per heavy atom. The van der Waals surface area contributed by atoms with E-state index in [1.807, 2.05) is 30.3 Å². The molecule has 1 aromatic heterocycles. The number of methoxy groups -OCH3 is 2. The maximum Gasteiger partial charge on any atom is 0.226 e. The Hall–Kier alpha value is -2.60. The van der Waals surface area contributed by atoms with Crippen molar-refractivity contribution in [1.29, 1.82) is 0 Å². The Kier molecular flexibility index (Phi) is 6.07. The molecule has 0 aliphatic heterocycles. The van der Waals surface area contributed by atoms with Gasteiger partial charge in [-0.25, -0.2) is 9.97 Å². The van der Waals surface area contributed by atoms with Gasteiger partial charge in [-0.05, 0) is 57.4 Å². The lowest BCUT2D eigenvalue weighted by Crippen LogP contribution is -2.24. The molecular formula is C20H20BrN3O2. The van der Waals surface area contributed by atoms with Crippen molar-refractivity contribution in [3.8, 4) is 11.5 Å². The van der Waals surface area contributed by atoms with Crippen molar-refractivity contribution in [2.24, 2.45) is 0 Å². The van der Waals surface area contributed by atoms with E-state index >= 15 is 0 Å². The topological polar surface area (TPSA) is 47.5 Å². The number of benzene rings is 2. The molecule has 3 rings (SSSR count). The number of halogens is 1. The molecule has 6 heteroatoms. The molecule has 0 radical (unpaired) electrons. The third-order valence-corrected chi connectivity index (χ3v) is 4.40. The van der Waals surface area contributed by atoms with Gasteiger partial charge in [-0.1, -0.05) is 24.3 Å². The second-order valence-corrected chi connectivity index (χ2v) is 6.54. The van der Waals surface area contributed by atoms with Crippen LogP contribution < -0.4 is 14.4 Å². The van der Waals surface area contributed by atoms with Crippen LogP contribution in [0.3, 0.4) is 0 Å². The van der Waals surface area contributed by atoms with E-state index in [1.165, 1.54) is 0 Å². The summed E-state index contributed by atoms with van der Waals surface area (Å²) < 4.78 is 11.2. The summed E-state index contributed by atoms with van der Waals surface area (Å²) in [7, 11) is 3.33. The van der Waals surface area contributed by atoms with Crippen molar-refractivity contribution in [3.63, 3.8) is 0 Å². The molecule has 2 aromatic carbocycles. The SMILES string of the molecule is COc1ccc(CN(Cc2ccc(OC)cc2)c2nccc(Br)n2)cc1. The average Bonchev–Trinajstić information content (AvgIpc) is 2.68. The van der Waals surface area contributed by atoms with Crippen LogP contribution in [0.15, 0.2) is 65.4 Å². The first-order valence-electron chi connectivity index (χ1n) is 8.17. The molecule has 0 fully saturated rings. The van der Waals surface area contributed by atoms with E-state index in [4.69, 9.17) is 9.47 Å². The first-order chi connectivity index (χ1) is 12.7. The van der Waals surface area contributed by atoms with Crippen LogP contribution >= 0.6 is 15.9 Å². The summed E-state index contributed by atoms with van der Waals surface area (Å²) in [6.07, 6.45) is 1.75. The van der Waals surface area contributed by atoms with Crippen LogP contribution in [0.25, 0.3) is 0 Å². The highest BCUT2D eigenvalue weighted by Gasteiger charge is 2.12. The summed E-state index contributed by atoms with van der Waals surface area (Å²) >= 11 is 3.43. The van der Waals surface area contributed by atoms with Crippen LogP contribution in [-0.4, -0.2) is 24.2 Å². The van der Waals surface area contributed by atoms with Gasteiger partial charge in [-0.15, -0.1) is 0 Å². The number of rotatable bonds is 7. The molecule has 1 heterocycles. The zero-order valence-corrected chi connectivity index (χ0v) is 16.3. The zero-order chi connectivity index (χ0) is 18.4. The fourth-order valence-corrected chi connectivity index (χ4v) is 2.86. The van der Waals surface area contributed by atoms with Crippen LogP contribution in [0.4, 0.5) is 5.95 Å². The third-order valence-electron chi connectivity index (χ3n) is 3.96. The molecule has 5 nitrogen and oxygen atoms in total. The predicted molar refractivity (Wildman–Crippen MR) is 106 cm³/mol. The molecule has 3 aromatic rings. The van der Waals surface area contributed by atoms with Gasteiger partial charge in [0.1, 0.15) is 16.1 Å². The highest BCUT2D eigenvalue weighted by atomic mass is 79.9. The molecular weight excluding hydrogens is 394 g/mol. The number of aromatic nitrogens is 2. The van der Waals surface area contributed by atoms with Crippen molar-refractivity contribution in [1.82, 2.24) is 9.97 Å². The Labute approximate surface area is 161 Å². The first kappa shape index (κ1) is 18.2. The van der Waals surface area contributed by atoms with Crippen LogP contribution in [0.2, 0.25) is 0 Å². The molecule has 0 atom stereocenters. The lowest BCUT2D eigenvalue weighted by molar-refractivity contribution is 0.414. The molecule has 0 bridgehead atoms. The molecule has 0 unspecified atom stereocenters. The maximum atomic E-state index is 5.24. The summed E-state index contributed by atoms with van der Waals surface area (Å²) in [6, 6.07) is 17.9. The maximum absolute atomic E-state index is 5.24. The van der Waals surface area contributed by atoms with Gasteiger partial charge in [-0.3, -0.25) is 0 Å². The Balaban J connectivity index is 1.84. The number of hydrogen-bond acceptors (Lipinski definition) is 5. The second-order valence-electron chi connectivity index (χ2n) is 5.73. The van der Waals surface area contributed by atoms with E-state index in [9.17, 15) is 0 Å². The van der Waals surface area contributed by atoms with Crippen LogP contribution in [-0.2, 0) is 13.1 Å². The van der Waals surface area contributed by atoms with Crippen molar-refractivity contribution < 1.29 is 9.47 Å². The van der Waals surface area contributed by atoms with Crippen molar-refractivity contribution in [2.45, 2.75) is 13.1 Å². The lowest BCUT2D eigenvalue weighted by Gasteiger charge is -2.23. The van der Waals surface area contributed by atoms with E-state index in [1.54, 1.807) is 20.4 Å². The van der Waals surface area contributed by atoms with Gasteiger partial charge < -0.3 is 14.4 Å². The van der Waals surface area contributed by atoms with Gasteiger partial charge in [-0.2, -0.15) is 0 Å². The molecule has 0 saturated carbocycles. The summed E-state index contributed by atoms with van der Waals surface area (Å²) in [5, 5.41) is 0. The second kappa shape index (κ2) is 8.67. The quantitative estimate of drug-likeness (QED) is 0.535. The van der Waals surface area contributed by atoms with Gasteiger partial charge in [0.25, 0.3) is 0 Å². The van der Waals surface area contributed by atoms with E-state index in [-0.39, 0.29) is 0 Å². The minimum absolute atomic E-state index is 0.672. The minimum atomic E-state index is 0.672. The molecule has 134 valence electrons. The van der Waals surface area contributed by atoms with Gasteiger partial charge in [0.15, 0.2) is 0 Å². The third kappa shape index (κ3) is 4.73. The standard InChI is InChI=1S/C20H20BrN3O2/c1-25-17-7-3-15(4-8-17)13-24(20-22-12-11-19(21)23-20)14-16-5-9-18(26-2)10-6-16/h3-12H,13-14H2,1-2H3. The van der Waals surface area contributed by atoms with E-state index in [2.05, 4.69) is 55.1 Å². The van der Waals surface area contributed by atoms with E-state index in [0.717, 1.165) is 27.2 Å². The monoisotopic (exact) mass is 413 g/mol. The molecule has 26 heavy (non-hydrogen) atoms. The molecule has 0 saturated heterocycles. The Bertz CT molecular complexity index is 789. The Morgan fingerprint density at radius 2 is 1.31 bits per heavy atom. The first-order valence-corrected chi connectivity index (χ1v) is 8.96. The van der Waals surface area contributed by atoms with Gasteiger partial charge in [0.2, 0.25) is 5.95 Å². The number of anilines is 1. The largest absolute Gasteiger partial charge is 0.497 e. The molecule has 0 aliphatic rings. The van der Waals surface area contributed by atoms with Crippen molar-refractivity contribution >= 4 is 21.9 Å². The van der Waals surface area contributed by atoms with Gasteiger partial charge in [0.05, 0.1) is 14.2 Å². The molecule has 0 amide bonds. The van der Waals surface area contributed by atoms with E-state index in [0.29, 0.717) is 19.0 Å². The fourth-order valence-electron chi connectivity index (χ4n) is 2.58. The highest BCUT2D eigenvalue weighted by molar-refractivity contribution is 9.10. The van der Waals surface area contributed by atoms with Gasteiger partial charge in [0, 0.05) is 19.3 Å². The van der Waals surface area contributed by atoms with E-state index < -0.39 is 0 Å². The average molecular weight is 414 g/mol. The zero-order valence-electron chi connectivity index (χ0n) is 14.7. The summed E-state index contributed by atoms with van der Waals surface area (Å²) in [5.41, 5.74) is 2.31. The lowest BCUT2D eigenvalue weighted by atomic mass is 10.1. The summed E-state index contributed by atoms with van der Waals surface area (Å²) in [5.74, 6) is 2.36. The van der Waals surface area contributed by atoms with Crippen LogP contribution in [0, 0.1) is 0 Å². The highest BCUT2D eigenvalue weighted by Crippen LogP contribution is 2.21. The van der Waals surface area contributed by atoms with Crippen molar-refractivity contribution in [2.75, 3.05) is 19.1 Å². The van der Waals surface area contributed by atoms with Crippen LogP contribution in [0.1, 0.15) is 11.1 Å². The predicted octanol–water partition coefficient (Wildman–Crippen LogP) is 4.46. The summed E-state index contributed by atoms with van der Waals surface area (Å²) in [4.78, 5) is 11.1. The number of ether oxygens (including phenoxy) is 2. The normalized spacial score (nSPS) is 10.4. The smallest absolute Gasteiger partial charge is 0.226 e. The number of hydrogen-bond donors (Lipinski definition) is 0. The fraction of sp³-hybridized carbons (Fsp3) is 0.200. The van der Waals surface area contributed by atoms with Crippen LogP contribution in [0.5, 0.6) is 11.5 Å². The Morgan fingerprint density at radius 3 is 1.73 bits per heavy atom. The summed E-state index contributed by atoms with van der Waals surface area (Å²) in [6.45, 7) is 1.37. The molecule has 0 aliphatic carbocycles. The van der Waals surface area contributed by atoms with Gasteiger partial charge >= 0.3 is 0 Å². The molecule has 0 spiro atoms. The number of nitrogens with zero attached hydrogens (tertiary/aromatic N) is 3. The van der Waals surface area contributed by atoms with Crippen molar-refractivity contribution in [3.05, 3.63) is 76.5 Å². The molecule has 0 N–H and O–H groups in total.